The summed E-state index contributed by atoms with van der Waals surface area (Å²) in [6, 6.07) is 0. The fourth-order valence-corrected chi connectivity index (χ4v) is 3.03. The van der Waals surface area contributed by atoms with E-state index in [1.807, 2.05) is 0 Å². The normalized spacial score (nSPS) is 41.8. The van der Waals surface area contributed by atoms with Crippen molar-refractivity contribution in [2.24, 2.45) is 16.7 Å². The van der Waals surface area contributed by atoms with Crippen LogP contribution >= 0.6 is 0 Å². The summed E-state index contributed by atoms with van der Waals surface area (Å²) in [5, 5.41) is 3.59. The molecule has 0 aromatic rings. The second kappa shape index (κ2) is 2.47. The first kappa shape index (κ1) is 8.55. The molecule has 12 heavy (non-hydrogen) atoms. The van der Waals surface area contributed by atoms with E-state index < -0.39 is 0 Å². The molecule has 2 unspecified atom stereocenters. The van der Waals surface area contributed by atoms with Crippen LogP contribution in [0.3, 0.4) is 0 Å². The van der Waals surface area contributed by atoms with E-state index in [1.54, 1.807) is 0 Å². The highest BCUT2D eigenvalue weighted by Gasteiger charge is 2.48. The molecule has 0 radical (unpaired) electrons. The van der Waals surface area contributed by atoms with E-state index in [1.165, 1.54) is 32.4 Å². The van der Waals surface area contributed by atoms with Crippen molar-refractivity contribution in [3.63, 3.8) is 0 Å². The first-order chi connectivity index (χ1) is 5.54. The maximum Gasteiger partial charge on any atom is 0.00131 e. The quantitative estimate of drug-likeness (QED) is 0.584. The average molecular weight is 167 g/mol. The summed E-state index contributed by atoms with van der Waals surface area (Å²) in [4.78, 5) is 0. The molecule has 0 spiro atoms. The molecule has 0 aromatic carbocycles. The van der Waals surface area contributed by atoms with Gasteiger partial charge in [-0.2, -0.15) is 0 Å². The lowest BCUT2D eigenvalue weighted by molar-refractivity contribution is 0.0713. The lowest BCUT2D eigenvalue weighted by Gasteiger charge is -2.45. The summed E-state index contributed by atoms with van der Waals surface area (Å²) >= 11 is 0. The first-order valence-corrected chi connectivity index (χ1v) is 5.24. The molecule has 2 rings (SSSR count). The molecule has 1 heteroatoms. The SMILES string of the molecule is CC(C)(C)C12CCC(CNC1)C2. The van der Waals surface area contributed by atoms with Crippen LogP contribution in [0.5, 0.6) is 0 Å². The lowest BCUT2D eigenvalue weighted by atomic mass is 9.64. The van der Waals surface area contributed by atoms with Crippen LogP contribution in [0, 0.1) is 16.7 Å². The highest BCUT2D eigenvalue weighted by atomic mass is 14.9. The van der Waals surface area contributed by atoms with Crippen LogP contribution in [0.4, 0.5) is 0 Å². The van der Waals surface area contributed by atoms with Gasteiger partial charge in [-0.15, -0.1) is 0 Å². The lowest BCUT2D eigenvalue weighted by Crippen LogP contribution is -2.46. The van der Waals surface area contributed by atoms with Crippen molar-refractivity contribution in [1.29, 1.82) is 0 Å². The molecule has 0 amide bonds. The van der Waals surface area contributed by atoms with Crippen LogP contribution in [0.1, 0.15) is 40.0 Å². The number of fused-ring (bicyclic) bond motifs is 2. The number of hydrogen-bond acceptors (Lipinski definition) is 1. The van der Waals surface area contributed by atoms with Crippen LogP contribution in [-0.2, 0) is 0 Å². The van der Waals surface area contributed by atoms with Gasteiger partial charge in [-0.1, -0.05) is 20.8 Å². The van der Waals surface area contributed by atoms with Crippen molar-refractivity contribution in [3.05, 3.63) is 0 Å². The summed E-state index contributed by atoms with van der Waals surface area (Å²) in [5.41, 5.74) is 1.12. The van der Waals surface area contributed by atoms with E-state index in [9.17, 15) is 0 Å². The predicted molar refractivity (Wildman–Crippen MR) is 52.1 cm³/mol. The van der Waals surface area contributed by atoms with Gasteiger partial charge in [0.05, 0.1) is 0 Å². The van der Waals surface area contributed by atoms with Crippen LogP contribution in [0.2, 0.25) is 0 Å². The molecule has 1 nitrogen and oxygen atoms in total. The van der Waals surface area contributed by atoms with E-state index in [0.717, 1.165) is 5.92 Å². The van der Waals surface area contributed by atoms with Gasteiger partial charge in [0.1, 0.15) is 0 Å². The molecular weight excluding hydrogens is 146 g/mol. The zero-order valence-electron chi connectivity index (χ0n) is 8.61. The zero-order valence-corrected chi connectivity index (χ0v) is 8.61. The van der Waals surface area contributed by atoms with Crippen molar-refractivity contribution < 1.29 is 0 Å². The Labute approximate surface area is 75.9 Å². The molecule has 1 saturated heterocycles. The number of hydrogen-bond donors (Lipinski definition) is 1. The molecule has 70 valence electrons. The Hall–Kier alpha value is -0.0400. The molecular formula is C11H21N. The highest BCUT2D eigenvalue weighted by molar-refractivity contribution is 5.01. The Bertz CT molecular complexity index is 176. The minimum absolute atomic E-state index is 0.495. The number of rotatable bonds is 0. The highest BCUT2D eigenvalue weighted by Crippen LogP contribution is 2.54. The largest absolute Gasteiger partial charge is 0.316 e. The Morgan fingerprint density at radius 1 is 1.33 bits per heavy atom. The van der Waals surface area contributed by atoms with Crippen LogP contribution in [-0.4, -0.2) is 13.1 Å². The predicted octanol–water partition coefficient (Wildman–Crippen LogP) is 2.42. The fourth-order valence-electron chi connectivity index (χ4n) is 3.03. The van der Waals surface area contributed by atoms with E-state index >= 15 is 0 Å². The molecule has 2 bridgehead atoms. The molecule has 2 aliphatic rings. The van der Waals surface area contributed by atoms with Crippen LogP contribution < -0.4 is 5.32 Å². The first-order valence-electron chi connectivity index (χ1n) is 5.24. The van der Waals surface area contributed by atoms with Crippen molar-refractivity contribution in [2.45, 2.75) is 40.0 Å². The van der Waals surface area contributed by atoms with E-state index in [-0.39, 0.29) is 0 Å². The van der Waals surface area contributed by atoms with Crippen molar-refractivity contribution in [2.75, 3.05) is 13.1 Å². The summed E-state index contributed by atoms with van der Waals surface area (Å²) in [6.07, 6.45) is 4.39. The van der Waals surface area contributed by atoms with Crippen LogP contribution in [0.15, 0.2) is 0 Å². The van der Waals surface area contributed by atoms with Gasteiger partial charge in [-0.3, -0.25) is 0 Å². The molecule has 2 atom stereocenters. The molecule has 1 N–H and O–H groups in total. The van der Waals surface area contributed by atoms with Crippen molar-refractivity contribution in [1.82, 2.24) is 5.32 Å². The van der Waals surface area contributed by atoms with E-state index in [4.69, 9.17) is 0 Å². The van der Waals surface area contributed by atoms with E-state index in [0.29, 0.717) is 10.8 Å². The van der Waals surface area contributed by atoms with Gasteiger partial charge in [0.25, 0.3) is 0 Å². The summed E-state index contributed by atoms with van der Waals surface area (Å²) < 4.78 is 0. The Morgan fingerprint density at radius 2 is 2.08 bits per heavy atom. The number of piperidine rings is 1. The van der Waals surface area contributed by atoms with Gasteiger partial charge < -0.3 is 5.32 Å². The monoisotopic (exact) mass is 167 g/mol. The maximum atomic E-state index is 3.59. The maximum absolute atomic E-state index is 3.59. The molecule has 0 aromatic heterocycles. The smallest absolute Gasteiger partial charge is 0.00131 e. The summed E-state index contributed by atoms with van der Waals surface area (Å²) in [7, 11) is 0. The van der Waals surface area contributed by atoms with Gasteiger partial charge in [-0.05, 0) is 42.6 Å². The molecule has 1 aliphatic heterocycles. The molecule has 1 aliphatic carbocycles. The van der Waals surface area contributed by atoms with Gasteiger partial charge in [0.15, 0.2) is 0 Å². The van der Waals surface area contributed by atoms with Crippen molar-refractivity contribution >= 4 is 0 Å². The minimum atomic E-state index is 0.495. The zero-order chi connectivity index (χ0) is 8.82. The van der Waals surface area contributed by atoms with Gasteiger partial charge >= 0.3 is 0 Å². The second-order valence-corrected chi connectivity index (χ2v) is 5.77. The van der Waals surface area contributed by atoms with Gasteiger partial charge in [0, 0.05) is 6.54 Å². The standard InChI is InChI=1S/C11H21N/c1-10(2,3)11-5-4-9(6-11)7-12-8-11/h9,12H,4-8H2,1-3H3. The third-order valence-corrected chi connectivity index (χ3v) is 4.20. The molecule has 1 saturated carbocycles. The van der Waals surface area contributed by atoms with Crippen LogP contribution in [0.25, 0.3) is 0 Å². The Balaban J connectivity index is 2.21. The van der Waals surface area contributed by atoms with Crippen molar-refractivity contribution in [3.8, 4) is 0 Å². The topological polar surface area (TPSA) is 12.0 Å². The second-order valence-electron chi connectivity index (χ2n) is 5.77. The number of nitrogens with one attached hydrogen (secondary N) is 1. The third kappa shape index (κ3) is 1.10. The summed E-state index contributed by atoms with van der Waals surface area (Å²) in [6.45, 7) is 9.75. The third-order valence-electron chi connectivity index (χ3n) is 4.20. The minimum Gasteiger partial charge on any atom is -0.316 e. The summed E-state index contributed by atoms with van der Waals surface area (Å²) in [5.74, 6) is 0.984. The van der Waals surface area contributed by atoms with Gasteiger partial charge in [-0.25, -0.2) is 0 Å². The Kier molecular flexibility index (Phi) is 1.76. The Morgan fingerprint density at radius 3 is 2.67 bits per heavy atom. The fraction of sp³-hybridized carbons (Fsp3) is 1.00. The average Bonchev–Trinajstić information content (AvgIpc) is 2.27. The molecule has 1 heterocycles. The van der Waals surface area contributed by atoms with Gasteiger partial charge in [0.2, 0.25) is 0 Å². The van der Waals surface area contributed by atoms with E-state index in [2.05, 4.69) is 26.1 Å². The molecule has 2 fully saturated rings.